The first-order chi connectivity index (χ1) is 10.2. The van der Waals surface area contributed by atoms with Crippen LogP contribution >= 0.6 is 0 Å². The lowest BCUT2D eigenvalue weighted by Gasteiger charge is -2.23. The molecule has 0 saturated carbocycles. The number of hydrogen-bond donors (Lipinski definition) is 3. The van der Waals surface area contributed by atoms with Crippen molar-refractivity contribution in [2.24, 2.45) is 0 Å². The Morgan fingerprint density at radius 2 is 1.86 bits per heavy atom. The lowest BCUT2D eigenvalue weighted by Crippen LogP contribution is -2.38. The zero-order valence-electron chi connectivity index (χ0n) is 12.3. The Morgan fingerprint density at radius 1 is 1.19 bits per heavy atom. The van der Waals surface area contributed by atoms with Crippen LogP contribution in [-0.4, -0.2) is 65.8 Å². The highest BCUT2D eigenvalue weighted by Gasteiger charge is 2.12. The van der Waals surface area contributed by atoms with Crippen LogP contribution in [-0.2, 0) is 6.42 Å². The third-order valence-corrected chi connectivity index (χ3v) is 3.07. The minimum absolute atomic E-state index is 0.00422. The molecule has 0 saturated heterocycles. The molecule has 1 rings (SSSR count). The van der Waals surface area contributed by atoms with Gasteiger partial charge in [-0.2, -0.15) is 0 Å². The number of nitrogens with zero attached hydrogens (tertiary/aromatic N) is 1. The van der Waals surface area contributed by atoms with Crippen molar-refractivity contribution in [1.29, 1.82) is 0 Å². The molecular weight excluding hydrogens is 270 g/mol. The van der Waals surface area contributed by atoms with Crippen molar-refractivity contribution in [1.82, 2.24) is 4.90 Å². The molecule has 0 aromatic heterocycles. The molecule has 1 aromatic carbocycles. The normalized spacial score (nSPS) is 12.4. The lowest BCUT2D eigenvalue weighted by atomic mass is 10.1. The van der Waals surface area contributed by atoms with Crippen molar-refractivity contribution in [2.45, 2.75) is 12.5 Å². The Morgan fingerprint density at radius 3 is 2.48 bits per heavy atom. The zero-order valence-corrected chi connectivity index (χ0v) is 12.3. The van der Waals surface area contributed by atoms with Gasteiger partial charge in [0.2, 0.25) is 0 Å². The molecule has 0 bridgehead atoms. The molecule has 1 unspecified atom stereocenters. The smallest absolute Gasteiger partial charge is 0.122 e. The average molecular weight is 295 g/mol. The number of hydrogen-bond acceptors (Lipinski definition) is 5. The summed E-state index contributed by atoms with van der Waals surface area (Å²) in [6, 6.07) is 7.66. The summed E-state index contributed by atoms with van der Waals surface area (Å²) in [5, 5.41) is 27.9. The van der Waals surface area contributed by atoms with Gasteiger partial charge < -0.3 is 20.1 Å². The van der Waals surface area contributed by atoms with Crippen LogP contribution < -0.4 is 4.74 Å². The van der Waals surface area contributed by atoms with Crippen molar-refractivity contribution in [3.63, 3.8) is 0 Å². The topological polar surface area (TPSA) is 73.2 Å². The molecule has 0 fully saturated rings. The molecule has 1 atom stereocenters. The fourth-order valence-electron chi connectivity index (χ4n) is 2.08. The van der Waals surface area contributed by atoms with E-state index in [0.29, 0.717) is 26.1 Å². The lowest BCUT2D eigenvalue weighted by molar-refractivity contribution is 0.0550. The molecule has 118 valence electrons. The molecule has 0 aliphatic heterocycles. The second-order valence-corrected chi connectivity index (χ2v) is 4.81. The maximum Gasteiger partial charge on any atom is 0.122 e. The van der Waals surface area contributed by atoms with Crippen LogP contribution in [0.1, 0.15) is 5.56 Å². The first-order valence-corrected chi connectivity index (χ1v) is 7.15. The zero-order chi connectivity index (χ0) is 15.5. The van der Waals surface area contributed by atoms with E-state index in [0.717, 1.165) is 11.3 Å². The van der Waals surface area contributed by atoms with Crippen LogP contribution in [0.5, 0.6) is 5.75 Å². The maximum atomic E-state index is 10.0. The molecule has 0 spiro atoms. The number of rotatable bonds is 11. The highest BCUT2D eigenvalue weighted by Crippen LogP contribution is 2.18. The molecular formula is C16H25NO4. The van der Waals surface area contributed by atoms with Gasteiger partial charge in [0.25, 0.3) is 0 Å². The maximum absolute atomic E-state index is 10.0. The summed E-state index contributed by atoms with van der Waals surface area (Å²) in [5.41, 5.74) is 1.03. The van der Waals surface area contributed by atoms with Gasteiger partial charge in [-0.1, -0.05) is 24.3 Å². The van der Waals surface area contributed by atoms with Gasteiger partial charge in [0.1, 0.15) is 18.5 Å². The monoisotopic (exact) mass is 295 g/mol. The molecule has 5 heteroatoms. The molecule has 5 nitrogen and oxygen atoms in total. The van der Waals surface area contributed by atoms with Gasteiger partial charge in [-0.05, 0) is 18.1 Å². The van der Waals surface area contributed by atoms with E-state index in [9.17, 15) is 5.11 Å². The van der Waals surface area contributed by atoms with Crippen LogP contribution in [0, 0.1) is 0 Å². The molecule has 0 heterocycles. The second-order valence-electron chi connectivity index (χ2n) is 4.81. The van der Waals surface area contributed by atoms with Gasteiger partial charge in [0.05, 0.1) is 13.2 Å². The Bertz CT molecular complexity index is 405. The Labute approximate surface area is 126 Å². The van der Waals surface area contributed by atoms with Gasteiger partial charge in [-0.3, -0.25) is 4.90 Å². The largest absolute Gasteiger partial charge is 0.491 e. The fourth-order valence-corrected chi connectivity index (χ4v) is 2.08. The van der Waals surface area contributed by atoms with Crippen molar-refractivity contribution in [3.05, 3.63) is 42.5 Å². The number of benzene rings is 1. The van der Waals surface area contributed by atoms with Crippen LogP contribution in [0.15, 0.2) is 36.9 Å². The standard InChI is InChI=1S/C16H25NO4/c1-2-5-14-6-3-4-7-16(14)21-13-15(20)12-17(8-10-18)9-11-19/h2-4,6-7,15,18-20H,1,5,8-13H2. The molecule has 21 heavy (non-hydrogen) atoms. The van der Waals surface area contributed by atoms with Crippen molar-refractivity contribution >= 4 is 0 Å². The van der Waals surface area contributed by atoms with E-state index in [1.54, 1.807) is 4.90 Å². The number of aliphatic hydroxyl groups is 3. The van der Waals surface area contributed by atoms with Crippen molar-refractivity contribution in [2.75, 3.05) is 39.5 Å². The quantitative estimate of drug-likeness (QED) is 0.517. The molecule has 0 aliphatic carbocycles. The van der Waals surface area contributed by atoms with Crippen molar-refractivity contribution in [3.8, 4) is 5.75 Å². The summed E-state index contributed by atoms with van der Waals surface area (Å²) >= 11 is 0. The number of ether oxygens (including phenoxy) is 1. The first-order valence-electron chi connectivity index (χ1n) is 7.15. The Balaban J connectivity index is 2.48. The Kier molecular flexibility index (Phi) is 8.69. The number of aliphatic hydroxyl groups excluding tert-OH is 3. The molecule has 0 amide bonds. The van der Waals surface area contributed by atoms with E-state index in [1.165, 1.54) is 0 Å². The summed E-state index contributed by atoms with van der Waals surface area (Å²) < 4.78 is 5.66. The van der Waals surface area contributed by atoms with Gasteiger partial charge >= 0.3 is 0 Å². The van der Waals surface area contributed by atoms with Gasteiger partial charge in [-0.15, -0.1) is 6.58 Å². The molecule has 3 N–H and O–H groups in total. The predicted molar refractivity (Wildman–Crippen MR) is 82.5 cm³/mol. The summed E-state index contributed by atoms with van der Waals surface area (Å²) in [6.45, 7) is 5.07. The van der Waals surface area contributed by atoms with E-state index in [2.05, 4.69) is 6.58 Å². The third-order valence-electron chi connectivity index (χ3n) is 3.07. The number of para-hydroxylation sites is 1. The molecule has 0 aliphatic rings. The highest BCUT2D eigenvalue weighted by molar-refractivity contribution is 5.34. The van der Waals surface area contributed by atoms with Gasteiger partial charge in [0, 0.05) is 19.6 Å². The van der Waals surface area contributed by atoms with Crippen LogP contribution in [0.3, 0.4) is 0 Å². The average Bonchev–Trinajstić information content (AvgIpc) is 2.47. The summed E-state index contributed by atoms with van der Waals surface area (Å²) in [6.07, 6.45) is 1.84. The number of allylic oxidation sites excluding steroid dienone is 1. The van der Waals surface area contributed by atoms with E-state index >= 15 is 0 Å². The van der Waals surface area contributed by atoms with Gasteiger partial charge in [-0.25, -0.2) is 0 Å². The first kappa shape index (κ1) is 17.7. The van der Waals surface area contributed by atoms with E-state index in [4.69, 9.17) is 14.9 Å². The second kappa shape index (κ2) is 10.3. The Hall–Kier alpha value is -1.40. The van der Waals surface area contributed by atoms with E-state index < -0.39 is 6.10 Å². The fraction of sp³-hybridized carbons (Fsp3) is 0.500. The SMILES string of the molecule is C=CCc1ccccc1OCC(O)CN(CCO)CCO. The summed E-state index contributed by atoms with van der Waals surface area (Å²) in [5.74, 6) is 0.743. The summed E-state index contributed by atoms with van der Waals surface area (Å²) in [4.78, 5) is 1.80. The van der Waals surface area contributed by atoms with E-state index in [-0.39, 0.29) is 19.8 Å². The molecule has 0 radical (unpaired) electrons. The van der Waals surface area contributed by atoms with E-state index in [1.807, 2.05) is 30.3 Å². The van der Waals surface area contributed by atoms with Crippen LogP contribution in [0.2, 0.25) is 0 Å². The van der Waals surface area contributed by atoms with Gasteiger partial charge in [0.15, 0.2) is 0 Å². The van der Waals surface area contributed by atoms with Crippen LogP contribution in [0.25, 0.3) is 0 Å². The highest BCUT2D eigenvalue weighted by atomic mass is 16.5. The third kappa shape index (κ3) is 6.73. The summed E-state index contributed by atoms with van der Waals surface area (Å²) in [7, 11) is 0. The van der Waals surface area contributed by atoms with Crippen molar-refractivity contribution < 1.29 is 20.1 Å². The predicted octanol–water partition coefficient (Wildman–Crippen LogP) is 0.441. The minimum atomic E-state index is -0.681. The molecule has 1 aromatic rings. The van der Waals surface area contributed by atoms with Crippen LogP contribution in [0.4, 0.5) is 0 Å². The minimum Gasteiger partial charge on any atom is -0.491 e.